The number of sulfonamides is 1. The number of benzene rings is 3. The molecule has 3 N–H and O–H groups in total. The van der Waals surface area contributed by atoms with Crippen molar-refractivity contribution in [2.75, 3.05) is 32.2 Å². The molecule has 1 saturated heterocycles. The number of piperidine rings is 1. The van der Waals surface area contributed by atoms with E-state index in [1.165, 1.54) is 25.7 Å². The lowest BCUT2D eigenvalue weighted by molar-refractivity contribution is -0.120. The van der Waals surface area contributed by atoms with Gasteiger partial charge in [-0.1, -0.05) is 40.2 Å². The van der Waals surface area contributed by atoms with Gasteiger partial charge in [0.15, 0.2) is 0 Å². The van der Waals surface area contributed by atoms with Gasteiger partial charge in [-0.3, -0.25) is 4.79 Å². The van der Waals surface area contributed by atoms with E-state index in [0.29, 0.717) is 10.0 Å². The molecule has 4 rings (SSSR count). The molecular formula is C29H34BrN3O5S. The average molecular weight is 617 g/mol. The van der Waals surface area contributed by atoms with Crippen LogP contribution in [0.15, 0.2) is 64.0 Å². The topological polar surface area (TPSA) is 111 Å². The molecule has 0 radical (unpaired) electrons. The SMILES string of the molecule is COc1ccc(C(NC(=O)Cc2cc(OC)c(S(N)(=O)=O)cc2Br)c2c(C)cccc2N2CCCCC2)cc1. The molecule has 0 bridgehead atoms. The first-order chi connectivity index (χ1) is 18.6. The summed E-state index contributed by atoms with van der Waals surface area (Å²) in [5, 5.41) is 8.59. The molecule has 10 heteroatoms. The van der Waals surface area contributed by atoms with Gasteiger partial charge < -0.3 is 19.7 Å². The van der Waals surface area contributed by atoms with E-state index in [0.717, 1.165) is 54.1 Å². The quantitative estimate of drug-likeness (QED) is 0.356. The largest absolute Gasteiger partial charge is 0.497 e. The summed E-state index contributed by atoms with van der Waals surface area (Å²) >= 11 is 3.40. The highest BCUT2D eigenvalue weighted by molar-refractivity contribution is 9.10. The number of carbonyl (C=O) groups is 1. The Morgan fingerprint density at radius 3 is 2.36 bits per heavy atom. The van der Waals surface area contributed by atoms with Crippen molar-refractivity contribution in [3.05, 3.63) is 81.3 Å². The summed E-state index contributed by atoms with van der Waals surface area (Å²) in [4.78, 5) is 15.8. The predicted molar refractivity (Wildman–Crippen MR) is 156 cm³/mol. The number of ether oxygens (including phenoxy) is 2. The van der Waals surface area contributed by atoms with Crippen LogP contribution in [0.3, 0.4) is 0 Å². The first-order valence-corrected chi connectivity index (χ1v) is 15.1. The number of hydrogen-bond acceptors (Lipinski definition) is 6. The van der Waals surface area contributed by atoms with Gasteiger partial charge in [-0.2, -0.15) is 0 Å². The number of aryl methyl sites for hydroxylation is 1. The lowest BCUT2D eigenvalue weighted by Crippen LogP contribution is -2.35. The highest BCUT2D eigenvalue weighted by atomic mass is 79.9. The summed E-state index contributed by atoms with van der Waals surface area (Å²) in [6.07, 6.45) is 3.49. The summed E-state index contributed by atoms with van der Waals surface area (Å²) in [5.41, 5.74) is 4.76. The molecule has 1 unspecified atom stereocenters. The molecule has 39 heavy (non-hydrogen) atoms. The van der Waals surface area contributed by atoms with E-state index < -0.39 is 16.1 Å². The van der Waals surface area contributed by atoms with Crippen molar-refractivity contribution in [2.45, 2.75) is 43.5 Å². The van der Waals surface area contributed by atoms with E-state index in [1.54, 1.807) is 7.11 Å². The van der Waals surface area contributed by atoms with Gasteiger partial charge in [0.05, 0.1) is 26.7 Å². The summed E-state index contributed by atoms with van der Waals surface area (Å²) in [6.45, 7) is 4.02. The highest BCUT2D eigenvalue weighted by Crippen LogP contribution is 2.36. The van der Waals surface area contributed by atoms with Gasteiger partial charge in [-0.05, 0) is 73.2 Å². The van der Waals surface area contributed by atoms with Crippen LogP contribution in [0.5, 0.6) is 11.5 Å². The predicted octanol–water partition coefficient (Wildman–Crippen LogP) is 4.86. The van der Waals surface area contributed by atoms with Crippen molar-refractivity contribution in [1.29, 1.82) is 0 Å². The first-order valence-electron chi connectivity index (χ1n) is 12.8. The van der Waals surface area contributed by atoms with E-state index in [9.17, 15) is 13.2 Å². The maximum atomic E-state index is 13.6. The third-order valence-electron chi connectivity index (χ3n) is 7.03. The summed E-state index contributed by atoms with van der Waals surface area (Å²) in [6, 6.07) is 16.5. The lowest BCUT2D eigenvalue weighted by atomic mass is 9.91. The van der Waals surface area contributed by atoms with Crippen LogP contribution in [0.1, 0.15) is 47.6 Å². The normalized spacial score (nSPS) is 14.5. The van der Waals surface area contributed by atoms with Gasteiger partial charge in [0.1, 0.15) is 16.4 Å². The number of rotatable bonds is 9. The second kappa shape index (κ2) is 12.4. The molecule has 1 fully saturated rings. The van der Waals surface area contributed by atoms with Crippen molar-refractivity contribution >= 4 is 37.5 Å². The van der Waals surface area contributed by atoms with Crippen LogP contribution in [-0.4, -0.2) is 41.6 Å². The van der Waals surface area contributed by atoms with Crippen molar-refractivity contribution < 1.29 is 22.7 Å². The fourth-order valence-electron chi connectivity index (χ4n) is 5.05. The van der Waals surface area contributed by atoms with Gasteiger partial charge >= 0.3 is 0 Å². The number of nitrogens with two attached hydrogens (primary N) is 1. The Morgan fingerprint density at radius 1 is 1.05 bits per heavy atom. The first kappa shape index (κ1) is 28.9. The van der Waals surface area contributed by atoms with E-state index in [4.69, 9.17) is 14.6 Å². The van der Waals surface area contributed by atoms with Crippen molar-refractivity contribution in [2.24, 2.45) is 5.14 Å². The van der Waals surface area contributed by atoms with Crippen LogP contribution >= 0.6 is 15.9 Å². The summed E-state index contributed by atoms with van der Waals surface area (Å²) in [7, 11) is -1.02. The average Bonchev–Trinajstić information content (AvgIpc) is 2.92. The van der Waals surface area contributed by atoms with Crippen molar-refractivity contribution in [3.63, 3.8) is 0 Å². The highest BCUT2D eigenvalue weighted by Gasteiger charge is 2.26. The molecule has 1 amide bonds. The van der Waals surface area contributed by atoms with Gasteiger partial charge in [0.2, 0.25) is 15.9 Å². The van der Waals surface area contributed by atoms with Crippen molar-refractivity contribution in [1.82, 2.24) is 5.32 Å². The number of hydrogen-bond donors (Lipinski definition) is 2. The Morgan fingerprint density at radius 2 is 1.74 bits per heavy atom. The van der Waals surface area contributed by atoms with Crippen LogP contribution in [0.2, 0.25) is 0 Å². The van der Waals surface area contributed by atoms with E-state index in [-0.39, 0.29) is 23.0 Å². The van der Waals surface area contributed by atoms with Gasteiger partial charge in [-0.15, -0.1) is 0 Å². The summed E-state index contributed by atoms with van der Waals surface area (Å²) in [5.74, 6) is 0.590. The number of primary sulfonamides is 1. The van der Waals surface area contributed by atoms with E-state index >= 15 is 0 Å². The molecule has 1 aliphatic heterocycles. The second-order valence-corrected chi connectivity index (χ2v) is 12.0. The molecule has 1 atom stereocenters. The maximum Gasteiger partial charge on any atom is 0.241 e. The minimum Gasteiger partial charge on any atom is -0.497 e. The van der Waals surface area contributed by atoms with Crippen LogP contribution in [-0.2, 0) is 21.2 Å². The van der Waals surface area contributed by atoms with Crippen LogP contribution in [0, 0.1) is 6.92 Å². The minimum atomic E-state index is -4.00. The fraction of sp³-hybridized carbons (Fsp3) is 0.345. The zero-order valence-corrected chi connectivity index (χ0v) is 24.8. The number of amides is 1. The zero-order valence-electron chi connectivity index (χ0n) is 22.4. The molecular weight excluding hydrogens is 582 g/mol. The fourth-order valence-corrected chi connectivity index (χ4v) is 6.39. The van der Waals surface area contributed by atoms with Crippen LogP contribution in [0.4, 0.5) is 5.69 Å². The number of nitrogens with zero attached hydrogens (tertiary/aromatic N) is 1. The molecule has 0 aliphatic carbocycles. The Bertz CT molecular complexity index is 1440. The number of anilines is 1. The minimum absolute atomic E-state index is 0.000570. The van der Waals surface area contributed by atoms with Gasteiger partial charge in [0, 0.05) is 28.8 Å². The maximum absolute atomic E-state index is 13.6. The van der Waals surface area contributed by atoms with Crippen molar-refractivity contribution in [3.8, 4) is 11.5 Å². The lowest BCUT2D eigenvalue weighted by Gasteiger charge is -2.34. The third-order valence-corrected chi connectivity index (χ3v) is 8.70. The molecule has 208 valence electrons. The van der Waals surface area contributed by atoms with Crippen LogP contribution in [0.25, 0.3) is 0 Å². The second-order valence-electron chi connectivity index (χ2n) is 9.65. The number of methoxy groups -OCH3 is 2. The Balaban J connectivity index is 1.72. The molecule has 8 nitrogen and oxygen atoms in total. The third kappa shape index (κ3) is 6.74. The van der Waals surface area contributed by atoms with Gasteiger partial charge in [0.25, 0.3) is 0 Å². The molecule has 0 spiro atoms. The molecule has 3 aromatic carbocycles. The van der Waals surface area contributed by atoms with E-state index in [1.807, 2.05) is 24.3 Å². The smallest absolute Gasteiger partial charge is 0.241 e. The van der Waals surface area contributed by atoms with Crippen LogP contribution < -0.4 is 24.8 Å². The molecule has 0 saturated carbocycles. The molecule has 0 aromatic heterocycles. The Kier molecular flexibility index (Phi) is 9.19. The molecule has 3 aromatic rings. The zero-order chi connectivity index (χ0) is 28.2. The molecule has 1 heterocycles. The number of halogens is 1. The molecule has 1 aliphatic rings. The standard InChI is InChI=1S/C29H34BrN3O5S/c1-19-8-7-9-24(33-14-5-4-6-15-33)28(19)29(20-10-12-22(37-2)13-11-20)32-27(34)17-21-16-25(38-3)26(18-23(21)30)39(31,35)36/h7-13,16,18,29H,4-6,14-15,17H2,1-3H3,(H,32,34)(H2,31,35,36). The number of nitrogens with one attached hydrogen (secondary N) is 1. The monoisotopic (exact) mass is 615 g/mol. The van der Waals surface area contributed by atoms with E-state index in [2.05, 4.69) is 51.3 Å². The Labute approximate surface area is 238 Å². The number of carbonyl (C=O) groups excluding carboxylic acids is 1. The summed E-state index contributed by atoms with van der Waals surface area (Å²) < 4.78 is 35.0. The van der Waals surface area contributed by atoms with Gasteiger partial charge in [-0.25, -0.2) is 13.6 Å². The Hall–Kier alpha value is -3.08.